The quantitative estimate of drug-likeness (QED) is 0.734. The highest BCUT2D eigenvalue weighted by atomic mass is 35.5. The molecule has 0 amide bonds. The van der Waals surface area contributed by atoms with Crippen LogP contribution in [0.5, 0.6) is 5.75 Å². The number of fused-ring (bicyclic) bond motifs is 1. The van der Waals surface area contributed by atoms with Crippen LogP contribution >= 0.6 is 11.6 Å². The first-order valence-corrected chi connectivity index (χ1v) is 9.95. The first-order valence-electron chi connectivity index (χ1n) is 9.57. The average molecular weight is 389 g/mol. The number of aryl methyl sites for hydroxylation is 2. The maximum atomic E-state index is 12.7. The molecule has 1 aromatic carbocycles. The van der Waals surface area contributed by atoms with Gasteiger partial charge in [-0.2, -0.15) is 0 Å². The minimum Gasteiger partial charge on any atom is -0.488 e. The molecule has 144 valence electrons. The van der Waals surface area contributed by atoms with Gasteiger partial charge in [0.05, 0.1) is 0 Å². The summed E-state index contributed by atoms with van der Waals surface area (Å²) in [4.78, 5) is 16.0. The third-order valence-corrected chi connectivity index (χ3v) is 5.95. The molecule has 27 heavy (non-hydrogen) atoms. The Kier molecular flexibility index (Phi) is 5.26. The molecule has 1 fully saturated rings. The van der Waals surface area contributed by atoms with Crippen molar-refractivity contribution in [3.63, 3.8) is 0 Å². The van der Waals surface area contributed by atoms with Crippen LogP contribution in [0.4, 0.5) is 0 Å². The Morgan fingerprint density at radius 1 is 1.26 bits per heavy atom. The number of aliphatic hydroxyl groups is 1. The normalized spacial score (nSPS) is 27.6. The van der Waals surface area contributed by atoms with Gasteiger partial charge >= 0.3 is 0 Å². The monoisotopic (exact) mass is 388 g/mol. The van der Waals surface area contributed by atoms with Gasteiger partial charge in [0.15, 0.2) is 5.78 Å². The molecule has 0 saturated heterocycles. The summed E-state index contributed by atoms with van der Waals surface area (Å²) in [6.45, 7) is 2.58. The predicted molar refractivity (Wildman–Crippen MR) is 105 cm³/mol. The summed E-state index contributed by atoms with van der Waals surface area (Å²) >= 11 is 5.90. The number of carbonyl (C=O) groups excluding carboxylic acids is 1. The van der Waals surface area contributed by atoms with Gasteiger partial charge in [0, 0.05) is 40.5 Å². The molecule has 2 aliphatic rings. The van der Waals surface area contributed by atoms with Crippen LogP contribution in [0, 0.1) is 12.8 Å². The summed E-state index contributed by atoms with van der Waals surface area (Å²) in [6, 6.07) is 9.08. The molecule has 0 spiro atoms. The number of hydrogen-bond acceptors (Lipinski definition) is 4. The number of nitrogens with one attached hydrogen (secondary N) is 2. The van der Waals surface area contributed by atoms with Gasteiger partial charge in [-0.05, 0) is 62.9 Å². The van der Waals surface area contributed by atoms with Crippen LogP contribution in [0.1, 0.15) is 41.0 Å². The van der Waals surface area contributed by atoms with Crippen LogP contribution in [-0.4, -0.2) is 40.7 Å². The number of carbonyl (C=O) groups is 1. The molecule has 1 saturated carbocycles. The van der Waals surface area contributed by atoms with Crippen LogP contribution in [0.25, 0.3) is 0 Å². The largest absolute Gasteiger partial charge is 0.488 e. The molecule has 5 nitrogen and oxygen atoms in total. The maximum absolute atomic E-state index is 12.7. The molecule has 1 heterocycles. The third-order valence-electron chi connectivity index (χ3n) is 5.70. The van der Waals surface area contributed by atoms with Crippen LogP contribution in [0.3, 0.4) is 0 Å². The number of Topliss-reactive ketones (excluding diaryl/α,β-unsaturated/α-hetero) is 1. The fourth-order valence-electron chi connectivity index (χ4n) is 4.20. The molecule has 4 rings (SSSR count). The van der Waals surface area contributed by atoms with Gasteiger partial charge in [-0.3, -0.25) is 4.79 Å². The topological polar surface area (TPSA) is 74.3 Å². The number of halogens is 1. The van der Waals surface area contributed by atoms with Crippen LogP contribution in [0.15, 0.2) is 30.3 Å². The number of hydrogen-bond donors (Lipinski definition) is 3. The minimum absolute atomic E-state index is 0.0314. The van der Waals surface area contributed by atoms with Gasteiger partial charge in [-0.15, -0.1) is 0 Å². The number of aliphatic hydroxyl groups excluding tert-OH is 1. The number of H-pyrrole nitrogens is 1. The smallest absolute Gasteiger partial charge is 0.169 e. The Hall–Kier alpha value is -1.82. The van der Waals surface area contributed by atoms with Crippen molar-refractivity contribution in [3.8, 4) is 5.75 Å². The summed E-state index contributed by atoms with van der Waals surface area (Å²) in [7, 11) is 0. The van der Waals surface area contributed by atoms with Crippen molar-refractivity contribution in [2.75, 3.05) is 6.54 Å². The Bertz CT molecular complexity index is 817. The second kappa shape index (κ2) is 7.66. The average Bonchev–Trinajstić information content (AvgIpc) is 3.20. The molecule has 0 radical (unpaired) electrons. The standard InChI is InChI=1S/C21H25ClN2O3/c1-12-10-16-17(24-12)7-2-13(20(16)25)11-23-18-8-9-19(21(18)26)27-15-5-3-14(22)4-6-15/h3-6,10,13,18-19,21,23-24,26H,2,7-9,11H2,1H3. The van der Waals surface area contributed by atoms with E-state index in [2.05, 4.69) is 10.3 Å². The van der Waals surface area contributed by atoms with Crippen molar-refractivity contribution in [1.29, 1.82) is 0 Å². The van der Waals surface area contributed by atoms with Crippen LogP contribution < -0.4 is 10.1 Å². The van der Waals surface area contributed by atoms with Crippen molar-refractivity contribution in [2.24, 2.45) is 5.92 Å². The third kappa shape index (κ3) is 3.91. The summed E-state index contributed by atoms with van der Waals surface area (Å²) in [5, 5.41) is 14.7. The highest BCUT2D eigenvalue weighted by Gasteiger charge is 2.37. The van der Waals surface area contributed by atoms with E-state index < -0.39 is 6.10 Å². The lowest BCUT2D eigenvalue weighted by Crippen LogP contribution is -2.44. The van der Waals surface area contributed by atoms with Crippen molar-refractivity contribution >= 4 is 17.4 Å². The number of aromatic nitrogens is 1. The van der Waals surface area contributed by atoms with Crippen molar-refractivity contribution in [3.05, 3.63) is 52.3 Å². The van der Waals surface area contributed by atoms with Crippen molar-refractivity contribution in [2.45, 2.75) is 50.9 Å². The number of benzene rings is 1. The molecule has 1 aromatic heterocycles. The number of aromatic amines is 1. The number of rotatable bonds is 5. The van der Waals surface area contributed by atoms with Crippen LogP contribution in [-0.2, 0) is 6.42 Å². The highest BCUT2D eigenvalue weighted by Crippen LogP contribution is 2.28. The number of ether oxygens (including phenoxy) is 1. The molecule has 3 N–H and O–H groups in total. The zero-order valence-corrected chi connectivity index (χ0v) is 16.1. The van der Waals surface area contributed by atoms with Crippen molar-refractivity contribution in [1.82, 2.24) is 10.3 Å². The molecular weight excluding hydrogens is 364 g/mol. The predicted octanol–water partition coefficient (Wildman–Crippen LogP) is 3.28. The summed E-state index contributed by atoms with van der Waals surface area (Å²) in [6.07, 6.45) is 2.51. The van der Waals surface area contributed by atoms with E-state index >= 15 is 0 Å². The first-order chi connectivity index (χ1) is 13.0. The lowest BCUT2D eigenvalue weighted by molar-refractivity contribution is 0.0441. The molecule has 4 atom stereocenters. The van der Waals surface area contributed by atoms with Gasteiger partial charge in [0.1, 0.15) is 18.0 Å². The lowest BCUT2D eigenvalue weighted by atomic mass is 9.86. The molecular formula is C21H25ClN2O3. The fourth-order valence-corrected chi connectivity index (χ4v) is 4.33. The van der Waals surface area contributed by atoms with E-state index in [0.717, 1.165) is 42.6 Å². The second-order valence-corrected chi connectivity index (χ2v) is 8.07. The number of ketones is 1. The summed E-state index contributed by atoms with van der Waals surface area (Å²) in [5.74, 6) is 0.882. The maximum Gasteiger partial charge on any atom is 0.169 e. The van der Waals surface area contributed by atoms with E-state index in [1.807, 2.05) is 25.1 Å². The van der Waals surface area contributed by atoms with E-state index in [9.17, 15) is 9.90 Å². The van der Waals surface area contributed by atoms with Crippen LogP contribution in [0.2, 0.25) is 5.02 Å². The minimum atomic E-state index is -0.593. The zero-order valence-electron chi connectivity index (χ0n) is 15.4. The molecule has 4 unspecified atom stereocenters. The van der Waals surface area contributed by atoms with Gasteiger partial charge in [0.25, 0.3) is 0 Å². The summed E-state index contributed by atoms with van der Waals surface area (Å²) < 4.78 is 5.92. The van der Waals surface area contributed by atoms with E-state index in [4.69, 9.17) is 16.3 Å². The molecule has 6 heteroatoms. The Morgan fingerprint density at radius 2 is 2.04 bits per heavy atom. The Labute approximate surface area is 164 Å². The molecule has 0 aliphatic heterocycles. The lowest BCUT2D eigenvalue weighted by Gasteiger charge is -2.25. The molecule has 2 aliphatic carbocycles. The SMILES string of the molecule is Cc1cc2c([nH]1)CCC(CNC1CCC(Oc3ccc(Cl)cc3)C1O)C2=O. The Balaban J connectivity index is 1.31. The molecule has 0 bridgehead atoms. The second-order valence-electron chi connectivity index (χ2n) is 7.64. The van der Waals surface area contributed by atoms with E-state index in [-0.39, 0.29) is 23.8 Å². The van der Waals surface area contributed by atoms with E-state index in [1.54, 1.807) is 12.1 Å². The Morgan fingerprint density at radius 3 is 2.81 bits per heavy atom. The summed E-state index contributed by atoms with van der Waals surface area (Å²) in [5.41, 5.74) is 2.93. The first kappa shape index (κ1) is 18.5. The van der Waals surface area contributed by atoms with Crippen molar-refractivity contribution < 1.29 is 14.6 Å². The van der Waals surface area contributed by atoms with Gasteiger partial charge in [-0.25, -0.2) is 0 Å². The molecule has 2 aromatic rings. The fraction of sp³-hybridized carbons (Fsp3) is 0.476. The van der Waals surface area contributed by atoms with Gasteiger partial charge in [0.2, 0.25) is 0 Å². The van der Waals surface area contributed by atoms with Gasteiger partial charge < -0.3 is 20.1 Å². The van der Waals surface area contributed by atoms with E-state index in [0.29, 0.717) is 17.3 Å². The van der Waals surface area contributed by atoms with E-state index in [1.165, 1.54) is 0 Å². The zero-order chi connectivity index (χ0) is 19.0. The van der Waals surface area contributed by atoms with Gasteiger partial charge in [-0.1, -0.05) is 11.6 Å². The highest BCUT2D eigenvalue weighted by molar-refractivity contribution is 6.30.